The fourth-order valence-electron chi connectivity index (χ4n) is 9.66. The van der Waals surface area contributed by atoms with Crippen molar-refractivity contribution in [3.63, 3.8) is 0 Å². The molecule has 8 bridgehead atoms. The van der Waals surface area contributed by atoms with Crippen LogP contribution >= 0.6 is 0 Å². The van der Waals surface area contributed by atoms with Gasteiger partial charge < -0.3 is 34.8 Å². The first-order valence-corrected chi connectivity index (χ1v) is 22.4. The second-order valence-corrected chi connectivity index (χ2v) is 17.8. The first-order valence-electron chi connectivity index (χ1n) is 22.4. The smallest absolute Gasteiger partial charge is 0.657 e. The van der Waals surface area contributed by atoms with Crippen molar-refractivity contribution < 1.29 is 24.2 Å². The molecule has 0 amide bonds. The first-order chi connectivity index (χ1) is 28.7. The van der Waals surface area contributed by atoms with E-state index in [0.717, 1.165) is 86.7 Å². The zero-order valence-corrected chi connectivity index (χ0v) is 39.9. The molecule has 2 N–H and O–H groups in total. The van der Waals surface area contributed by atoms with Crippen LogP contribution in [0.25, 0.3) is 35.6 Å². The monoisotopic (exact) mass is 839 g/mol. The Hall–Kier alpha value is -4.15. The van der Waals surface area contributed by atoms with E-state index in [1.54, 1.807) is 0 Å². The Morgan fingerprint density at radius 3 is 2.30 bits per heavy atom. The van der Waals surface area contributed by atoms with Crippen molar-refractivity contribution in [1.29, 1.82) is 0 Å². The maximum atomic E-state index is 13.6. The molecule has 3 aromatic rings. The van der Waals surface area contributed by atoms with Gasteiger partial charge in [0, 0.05) is 23.3 Å². The number of fused-ring (bicyclic) bond motifs is 8. The van der Waals surface area contributed by atoms with Crippen LogP contribution in [0.1, 0.15) is 144 Å². The molecule has 3 aliphatic rings. The van der Waals surface area contributed by atoms with E-state index in [1.807, 2.05) is 31.2 Å². The number of rotatable bonds is 17. The number of hydrogen-bond acceptors (Lipinski definition) is 6. The number of methoxy groups -OCH3 is 1. The van der Waals surface area contributed by atoms with Crippen molar-refractivity contribution in [2.24, 2.45) is 29.6 Å². The van der Waals surface area contributed by atoms with E-state index in [0.29, 0.717) is 28.3 Å². The molecule has 5 heterocycles. The van der Waals surface area contributed by atoms with Gasteiger partial charge in [0.15, 0.2) is 0 Å². The van der Waals surface area contributed by atoms with E-state index >= 15 is 0 Å². The molecule has 1 unspecified atom stereocenters. The molecule has 324 valence electrons. The third-order valence-electron chi connectivity index (χ3n) is 13.8. The summed E-state index contributed by atoms with van der Waals surface area (Å²) in [5.41, 5.74) is 10.0. The Morgan fingerprint density at radius 1 is 0.918 bits per heavy atom. The number of ether oxygens (including phenoxy) is 2. The van der Waals surface area contributed by atoms with E-state index < -0.39 is 17.9 Å². The Labute approximate surface area is 379 Å². The van der Waals surface area contributed by atoms with Gasteiger partial charge in [-0.2, -0.15) is 0 Å². The van der Waals surface area contributed by atoms with Gasteiger partial charge in [-0.25, -0.2) is 0 Å². The topological polar surface area (TPSA) is 127 Å². The van der Waals surface area contributed by atoms with Gasteiger partial charge in [-0.3, -0.25) is 9.59 Å². The van der Waals surface area contributed by atoms with Crippen molar-refractivity contribution in [3.8, 4) is 0 Å². The molecular formula is C51H67MgN4O5-. The summed E-state index contributed by atoms with van der Waals surface area (Å²) in [6, 6.07) is -0.446. The second kappa shape index (κ2) is 20.8. The predicted molar refractivity (Wildman–Crippen MR) is 247 cm³/mol. The van der Waals surface area contributed by atoms with E-state index in [1.165, 1.54) is 44.8 Å². The number of hydrogen-bond donors (Lipinski definition) is 2. The van der Waals surface area contributed by atoms with Crippen LogP contribution in [0.5, 0.6) is 0 Å². The van der Waals surface area contributed by atoms with Crippen LogP contribution in [0, 0.1) is 50.4 Å². The van der Waals surface area contributed by atoms with Crippen molar-refractivity contribution >= 4 is 70.6 Å². The predicted octanol–water partition coefficient (Wildman–Crippen LogP) is 6.46. The number of aromatic nitrogens is 3. The van der Waals surface area contributed by atoms with Crippen molar-refractivity contribution in [3.05, 3.63) is 90.1 Å². The summed E-state index contributed by atoms with van der Waals surface area (Å²) in [5, 5.41) is 18.4. The van der Waals surface area contributed by atoms with Crippen molar-refractivity contribution in [2.75, 3.05) is 13.7 Å². The van der Waals surface area contributed by atoms with Crippen LogP contribution in [0.15, 0.2) is 23.9 Å². The third kappa shape index (κ3) is 10.1. The SMILES string of the molecule is C=Cc1c2[n-]c(c1C)/C=C1\NC(C3=c4[n-]c(c(C)c4=C(O)[C@@H]3C(=O)OC)/C=c3\[n-]/c(c(C)c3CC)=C\2)[C@@H](CCC(=O)OC/C=C(\C)CCC[C@H](C)CCC[C@H](C)CC)[C@@H]1C.[Mg+2]. The van der Waals surface area contributed by atoms with E-state index in [-0.39, 0.29) is 59.6 Å². The molecule has 1 fully saturated rings. The third-order valence-corrected chi connectivity index (χ3v) is 13.8. The number of carbonyl (C=O) groups excluding carboxylic acids is 2. The van der Waals surface area contributed by atoms with Crippen molar-refractivity contribution in [2.45, 2.75) is 133 Å². The van der Waals surface area contributed by atoms with Crippen LogP contribution in [0.3, 0.4) is 0 Å². The van der Waals surface area contributed by atoms with Crippen LogP contribution < -0.4 is 41.5 Å². The molecule has 0 aromatic carbocycles. The summed E-state index contributed by atoms with van der Waals surface area (Å²) in [4.78, 5) is 42.4. The number of esters is 2. The van der Waals surface area contributed by atoms with E-state index in [4.69, 9.17) is 24.4 Å². The number of aliphatic hydroxyl groups is 1. The number of allylic oxidation sites excluding steroid dienone is 2. The summed E-state index contributed by atoms with van der Waals surface area (Å²) in [5.74, 6) is -0.604. The molecule has 6 atom stereocenters. The van der Waals surface area contributed by atoms with E-state index in [2.05, 4.69) is 73.4 Å². The minimum atomic E-state index is -1.04. The Balaban J connectivity index is 0.00000704. The van der Waals surface area contributed by atoms with Gasteiger partial charge in [0.25, 0.3) is 0 Å². The average molecular weight is 840 g/mol. The number of nitrogens with zero attached hydrogens (tertiary/aromatic N) is 3. The van der Waals surface area contributed by atoms with Gasteiger partial charge >= 0.3 is 35.0 Å². The fourth-order valence-corrected chi connectivity index (χ4v) is 9.66. The van der Waals surface area contributed by atoms with Gasteiger partial charge in [0.2, 0.25) is 0 Å². The minimum Gasteiger partial charge on any atom is -0.657 e. The quantitative estimate of drug-likeness (QED) is 0.0896. The Bertz CT molecular complexity index is 2430. The summed E-state index contributed by atoms with van der Waals surface area (Å²) >= 11 is 0. The van der Waals surface area contributed by atoms with Crippen LogP contribution in [0.2, 0.25) is 0 Å². The molecule has 1 aliphatic carbocycles. The standard InChI is InChI=1S/C51H67N4O5.Mg/c1-12-28(4)17-15-18-29(5)19-16-20-30(6)23-24-60-44(56)22-21-37-33(9)40-25-38-31(7)35(13-2)42(52-38)26-39-32(8)36(14-3)43(53-39)27-41-34(10)45-49(55-41)46(48(37)54-40)47(50(45)57)51(58)59-11;/h13,23,25-29,33,37,47-48,54,57H,2,12,14-22,24H2,1,3-11H3;/q-3;+2/b30-23+,39-26-,40-25-,43-27-;/t28-,29-,33+,37+,47-,48?;/m1./s1. The summed E-state index contributed by atoms with van der Waals surface area (Å²) in [6.45, 7) is 23.8. The summed E-state index contributed by atoms with van der Waals surface area (Å²) < 4.78 is 11.1. The van der Waals surface area contributed by atoms with Crippen molar-refractivity contribution in [1.82, 2.24) is 20.3 Å². The summed E-state index contributed by atoms with van der Waals surface area (Å²) in [7, 11) is 1.34. The second-order valence-electron chi connectivity index (χ2n) is 17.8. The molecule has 3 aromatic heterocycles. The fraction of sp³-hybridized carbons (Fsp3) is 0.529. The molecule has 0 spiro atoms. The van der Waals surface area contributed by atoms with Gasteiger partial charge in [0.05, 0.1) is 13.2 Å². The molecular weight excluding hydrogens is 773 g/mol. The molecule has 0 radical (unpaired) electrons. The molecule has 61 heavy (non-hydrogen) atoms. The van der Waals surface area contributed by atoms with Gasteiger partial charge in [0.1, 0.15) is 18.3 Å². The van der Waals surface area contributed by atoms with Gasteiger partial charge in [-0.1, -0.05) is 125 Å². The molecule has 0 saturated carbocycles. The Morgan fingerprint density at radius 2 is 1.61 bits per heavy atom. The maximum absolute atomic E-state index is 13.6. The van der Waals surface area contributed by atoms with Crippen LogP contribution in [-0.4, -0.2) is 59.9 Å². The molecule has 2 aliphatic heterocycles. The summed E-state index contributed by atoms with van der Waals surface area (Å²) in [6.07, 6.45) is 20.0. The van der Waals surface area contributed by atoms with Gasteiger partial charge in [-0.05, 0) is 88.3 Å². The number of nitrogens with one attached hydrogen (secondary N) is 1. The van der Waals surface area contributed by atoms with Crippen LogP contribution in [-0.2, 0) is 25.5 Å². The molecule has 6 rings (SSSR count). The zero-order chi connectivity index (χ0) is 43.4. The molecule has 10 heteroatoms. The number of carbonyl (C=O) groups is 2. The first kappa shape index (κ1) is 47.9. The maximum Gasteiger partial charge on any atom is 2.00 e. The Kier molecular flexibility index (Phi) is 16.3. The van der Waals surface area contributed by atoms with Crippen LogP contribution in [0.4, 0.5) is 0 Å². The number of aliphatic hydroxyl groups excluding tert-OH is 1. The van der Waals surface area contributed by atoms with Gasteiger partial charge in [-0.15, -0.1) is 33.1 Å². The normalized spacial score (nSPS) is 22.2. The zero-order valence-electron chi connectivity index (χ0n) is 38.5. The molecule has 9 nitrogen and oxygen atoms in total. The minimum absolute atomic E-state index is 0. The average Bonchev–Trinajstić information content (AvgIpc) is 3.97. The molecule has 1 saturated heterocycles. The van der Waals surface area contributed by atoms with E-state index in [9.17, 15) is 14.7 Å². The largest absolute Gasteiger partial charge is 2.00 e.